The number of hydrogen-bond donors (Lipinski definition) is 1. The number of nitrogens with zero attached hydrogens (tertiary/aromatic N) is 4. The van der Waals surface area contributed by atoms with Crippen LogP contribution in [-0.4, -0.2) is 45.5 Å². The number of anilines is 2. The van der Waals surface area contributed by atoms with E-state index in [2.05, 4.69) is 36.4 Å². The van der Waals surface area contributed by atoms with E-state index >= 15 is 0 Å². The molecule has 9 heteroatoms. The lowest BCUT2D eigenvalue weighted by Gasteiger charge is -2.28. The van der Waals surface area contributed by atoms with Crippen LogP contribution in [0.1, 0.15) is 22.5 Å². The van der Waals surface area contributed by atoms with Crippen molar-refractivity contribution >= 4 is 22.5 Å². The van der Waals surface area contributed by atoms with Crippen LogP contribution < -0.4 is 9.62 Å². The van der Waals surface area contributed by atoms with Crippen LogP contribution in [0, 0.1) is 25.7 Å². The molecule has 3 aromatic heterocycles. The van der Waals surface area contributed by atoms with Crippen molar-refractivity contribution < 1.29 is 13.4 Å². The highest BCUT2D eigenvalue weighted by molar-refractivity contribution is 7.86. The number of furan rings is 1. The van der Waals surface area contributed by atoms with Gasteiger partial charge in [-0.15, -0.1) is 0 Å². The molecule has 0 amide bonds. The maximum Gasteiger partial charge on any atom is 0.153 e. The molecule has 1 N–H and O–H groups in total. The van der Waals surface area contributed by atoms with Crippen molar-refractivity contribution in [2.24, 2.45) is 0 Å². The number of ether oxygens (including phenoxy) is 1. The first-order valence-corrected chi connectivity index (χ1v) is 10.6. The third-order valence-electron chi connectivity index (χ3n) is 4.66. The maximum atomic E-state index is 12.4. The molecule has 1 fully saturated rings. The minimum atomic E-state index is -1.44. The van der Waals surface area contributed by atoms with Crippen molar-refractivity contribution in [3.63, 3.8) is 0 Å². The monoisotopic (exact) mass is 423 g/mol. The highest BCUT2D eigenvalue weighted by Gasteiger charge is 2.17. The summed E-state index contributed by atoms with van der Waals surface area (Å²) in [6.07, 6.45) is 6.19. The van der Waals surface area contributed by atoms with E-state index in [1.54, 1.807) is 18.6 Å². The predicted octanol–water partition coefficient (Wildman–Crippen LogP) is 2.45. The van der Waals surface area contributed by atoms with Gasteiger partial charge in [-0.1, -0.05) is 11.8 Å². The first-order valence-electron chi connectivity index (χ1n) is 9.45. The zero-order valence-electron chi connectivity index (χ0n) is 16.7. The van der Waals surface area contributed by atoms with Crippen molar-refractivity contribution in [1.82, 2.24) is 15.0 Å². The average molecular weight is 423 g/mol. The van der Waals surface area contributed by atoms with Crippen LogP contribution in [-0.2, 0) is 15.7 Å². The Morgan fingerprint density at radius 2 is 1.97 bits per heavy atom. The van der Waals surface area contributed by atoms with Crippen LogP contribution in [0.4, 0.5) is 11.5 Å². The van der Waals surface area contributed by atoms with E-state index < -0.39 is 11.0 Å². The molecule has 0 saturated carbocycles. The molecular formula is C21H21N5O3S. The predicted molar refractivity (Wildman–Crippen MR) is 113 cm³/mol. The van der Waals surface area contributed by atoms with Crippen LogP contribution in [0.5, 0.6) is 0 Å². The fraction of sp³-hybridized carbons (Fsp3) is 0.286. The van der Waals surface area contributed by atoms with E-state index in [-0.39, 0.29) is 0 Å². The summed E-state index contributed by atoms with van der Waals surface area (Å²) in [5.41, 5.74) is 3.68. The molecule has 1 atom stereocenters. The van der Waals surface area contributed by atoms with Crippen molar-refractivity contribution in [2.75, 3.05) is 35.9 Å². The summed E-state index contributed by atoms with van der Waals surface area (Å²) in [4.78, 5) is 15.8. The van der Waals surface area contributed by atoms with Gasteiger partial charge in [-0.3, -0.25) is 9.71 Å². The molecule has 1 aliphatic rings. The zero-order valence-corrected chi connectivity index (χ0v) is 17.5. The van der Waals surface area contributed by atoms with Gasteiger partial charge in [-0.25, -0.2) is 14.2 Å². The largest absolute Gasteiger partial charge is 0.471 e. The Hall–Kier alpha value is -3.22. The second-order valence-corrected chi connectivity index (χ2v) is 7.91. The molecule has 1 aliphatic heterocycles. The van der Waals surface area contributed by atoms with Gasteiger partial charge in [0, 0.05) is 24.8 Å². The van der Waals surface area contributed by atoms with Crippen LogP contribution in [0.2, 0.25) is 0 Å². The summed E-state index contributed by atoms with van der Waals surface area (Å²) in [7, 11) is -1.44. The Kier molecular flexibility index (Phi) is 6.07. The fourth-order valence-corrected chi connectivity index (χ4v) is 3.82. The number of hydrogen-bond acceptors (Lipinski definition) is 7. The average Bonchev–Trinajstić information content (AvgIpc) is 3.30. The summed E-state index contributed by atoms with van der Waals surface area (Å²) < 4.78 is 25.8. The van der Waals surface area contributed by atoms with Crippen molar-refractivity contribution in [3.8, 4) is 11.8 Å². The van der Waals surface area contributed by atoms with Gasteiger partial charge in [0.2, 0.25) is 0 Å². The van der Waals surface area contributed by atoms with Gasteiger partial charge >= 0.3 is 0 Å². The standard InChI is InChI=1S/C21H21N5O3S/c1-15-19(21(24-14-23-15)26-6-9-28-10-7-26)4-3-17-11-20(16(2)22-12-17)25-30(27)18-5-8-29-13-18/h5,8,11-14,25H,6-7,9-10H2,1-2H3. The molecule has 4 heterocycles. The molecule has 0 spiro atoms. The van der Waals surface area contributed by atoms with E-state index in [0.717, 1.165) is 35.9 Å². The fourth-order valence-electron chi connectivity index (χ4n) is 2.98. The molecule has 0 aliphatic carbocycles. The quantitative estimate of drug-likeness (QED) is 0.644. The molecule has 0 radical (unpaired) electrons. The van der Waals surface area contributed by atoms with E-state index in [4.69, 9.17) is 9.15 Å². The summed E-state index contributed by atoms with van der Waals surface area (Å²) >= 11 is 0. The molecule has 8 nitrogen and oxygen atoms in total. The third kappa shape index (κ3) is 4.50. The summed E-state index contributed by atoms with van der Waals surface area (Å²) in [5.74, 6) is 7.17. The lowest BCUT2D eigenvalue weighted by molar-refractivity contribution is 0.122. The van der Waals surface area contributed by atoms with E-state index in [9.17, 15) is 4.21 Å². The maximum absolute atomic E-state index is 12.4. The number of aromatic nitrogens is 3. The molecule has 154 valence electrons. The number of morpholine rings is 1. The normalized spacial score (nSPS) is 14.7. The molecule has 0 bridgehead atoms. The Morgan fingerprint density at radius 3 is 2.73 bits per heavy atom. The first-order chi connectivity index (χ1) is 14.6. The molecular weight excluding hydrogens is 402 g/mol. The van der Waals surface area contributed by atoms with Crippen molar-refractivity contribution in [1.29, 1.82) is 0 Å². The van der Waals surface area contributed by atoms with E-state index in [0.29, 0.717) is 29.4 Å². The van der Waals surface area contributed by atoms with Crippen LogP contribution >= 0.6 is 0 Å². The van der Waals surface area contributed by atoms with Gasteiger partial charge in [0.1, 0.15) is 18.4 Å². The lowest BCUT2D eigenvalue weighted by Crippen LogP contribution is -2.37. The Balaban J connectivity index is 1.61. The summed E-state index contributed by atoms with van der Waals surface area (Å²) in [6, 6.07) is 3.49. The van der Waals surface area contributed by atoms with Gasteiger partial charge in [0.05, 0.1) is 47.0 Å². The highest BCUT2D eigenvalue weighted by Crippen LogP contribution is 2.21. The van der Waals surface area contributed by atoms with Crippen LogP contribution in [0.25, 0.3) is 0 Å². The number of nitrogens with one attached hydrogen (secondary N) is 1. The van der Waals surface area contributed by atoms with E-state index in [1.165, 1.54) is 12.5 Å². The SMILES string of the molecule is Cc1ncc(C#Cc2c(C)ncnc2N2CCOCC2)cc1NS(=O)c1ccoc1. The first kappa shape index (κ1) is 20.1. The lowest BCUT2D eigenvalue weighted by atomic mass is 10.1. The molecule has 30 heavy (non-hydrogen) atoms. The van der Waals surface area contributed by atoms with Gasteiger partial charge in [0.25, 0.3) is 0 Å². The van der Waals surface area contributed by atoms with E-state index in [1.807, 2.05) is 19.9 Å². The topological polar surface area (TPSA) is 93.4 Å². The number of rotatable bonds is 4. The third-order valence-corrected chi connectivity index (χ3v) is 5.72. The summed E-state index contributed by atoms with van der Waals surface area (Å²) in [5, 5.41) is 0. The van der Waals surface area contributed by atoms with Gasteiger partial charge < -0.3 is 14.1 Å². The van der Waals surface area contributed by atoms with Crippen LogP contribution in [0.3, 0.4) is 0 Å². The minimum absolute atomic E-state index is 0.554. The smallest absolute Gasteiger partial charge is 0.153 e. The Bertz CT molecular complexity index is 1120. The molecule has 1 saturated heterocycles. The van der Waals surface area contributed by atoms with Gasteiger partial charge in [-0.05, 0) is 26.0 Å². The van der Waals surface area contributed by atoms with Crippen LogP contribution in [0.15, 0.2) is 46.5 Å². The second-order valence-electron chi connectivity index (χ2n) is 6.69. The molecule has 3 aromatic rings. The highest BCUT2D eigenvalue weighted by atomic mass is 32.2. The van der Waals surface area contributed by atoms with Gasteiger partial charge in [-0.2, -0.15) is 0 Å². The zero-order chi connectivity index (χ0) is 20.9. The molecule has 4 rings (SSSR count). The Morgan fingerprint density at radius 1 is 1.13 bits per heavy atom. The summed E-state index contributed by atoms with van der Waals surface area (Å²) in [6.45, 7) is 6.64. The molecule has 1 unspecified atom stereocenters. The molecule has 0 aromatic carbocycles. The van der Waals surface area contributed by atoms with Crippen molar-refractivity contribution in [2.45, 2.75) is 18.7 Å². The van der Waals surface area contributed by atoms with Gasteiger partial charge in [0.15, 0.2) is 11.0 Å². The number of pyridine rings is 1. The minimum Gasteiger partial charge on any atom is -0.471 e. The number of aryl methyl sites for hydroxylation is 2. The Labute approximate surface area is 177 Å². The van der Waals surface area contributed by atoms with Crippen molar-refractivity contribution in [3.05, 3.63) is 59.7 Å². The second kappa shape index (κ2) is 9.07.